The molecule has 0 bridgehead atoms. The Labute approximate surface area is 261 Å². The number of piperidine rings is 1. The number of halogens is 1. The minimum atomic E-state index is -0.809. The first-order chi connectivity index (χ1) is 21.1. The van der Waals surface area contributed by atoms with Crippen LogP contribution < -0.4 is 10.1 Å². The minimum absolute atomic E-state index is 0.0650. The largest absolute Gasteiger partial charge is 0.496 e. The molecule has 0 aliphatic carbocycles. The molecule has 1 aromatic carbocycles. The van der Waals surface area contributed by atoms with E-state index in [4.69, 9.17) is 19.2 Å². The number of hydrogen-bond donors (Lipinski definition) is 1. The Morgan fingerprint density at radius 1 is 0.978 bits per heavy atom. The zero-order chi connectivity index (χ0) is 32.7. The summed E-state index contributed by atoms with van der Waals surface area (Å²) in [6, 6.07) is 8.03. The van der Waals surface area contributed by atoms with Crippen molar-refractivity contribution in [2.75, 3.05) is 25.5 Å². The highest BCUT2D eigenvalue weighted by Gasteiger charge is 2.30. The third-order valence-electron chi connectivity index (χ3n) is 7.20. The van der Waals surface area contributed by atoms with E-state index in [2.05, 4.69) is 20.0 Å². The second-order valence-corrected chi connectivity index (χ2v) is 13.1. The van der Waals surface area contributed by atoms with Crippen molar-refractivity contribution in [2.24, 2.45) is 0 Å². The number of hydrogen-bond acceptors (Lipinski definition) is 9. The maximum absolute atomic E-state index is 15.1. The van der Waals surface area contributed by atoms with Gasteiger partial charge in [-0.2, -0.15) is 4.68 Å². The van der Waals surface area contributed by atoms with Gasteiger partial charge in [0.15, 0.2) is 17.3 Å². The molecule has 13 heteroatoms. The zero-order valence-electron chi connectivity index (χ0n) is 27.0. The quantitative estimate of drug-likeness (QED) is 0.255. The standard InChI is InChI=1S/C32H40FN7O5/c1-19-16-22-28(39(19)20-12-14-38(15-13-20)29(41)44-31(2,3)4)36-26(18-34-22)35-25-17-23(27-21(33)10-9-11-24(27)43-8)40(37-25)30(42)45-32(5,6)7/h9-11,16-18,20H,12-15H2,1-8H3,(H,35,36,37). The van der Waals surface area contributed by atoms with E-state index in [1.807, 2.05) is 33.8 Å². The lowest BCUT2D eigenvalue weighted by atomic mass is 10.0. The van der Waals surface area contributed by atoms with Crippen molar-refractivity contribution in [1.82, 2.24) is 29.2 Å². The number of rotatable bonds is 5. The molecule has 3 aromatic heterocycles. The van der Waals surface area contributed by atoms with E-state index >= 15 is 4.39 Å². The summed E-state index contributed by atoms with van der Waals surface area (Å²) in [6.07, 6.45) is 1.96. The van der Waals surface area contributed by atoms with Gasteiger partial charge in [0.25, 0.3) is 0 Å². The Morgan fingerprint density at radius 2 is 1.64 bits per heavy atom. The first-order valence-electron chi connectivity index (χ1n) is 14.9. The van der Waals surface area contributed by atoms with Crippen LogP contribution >= 0.6 is 0 Å². The van der Waals surface area contributed by atoms with Gasteiger partial charge in [0.1, 0.15) is 28.3 Å². The molecule has 1 N–H and O–H groups in total. The molecule has 45 heavy (non-hydrogen) atoms. The van der Waals surface area contributed by atoms with Crippen molar-refractivity contribution in [3.8, 4) is 17.0 Å². The Bertz CT molecular complexity index is 1730. The van der Waals surface area contributed by atoms with E-state index in [9.17, 15) is 9.59 Å². The van der Waals surface area contributed by atoms with E-state index in [0.717, 1.165) is 28.7 Å². The van der Waals surface area contributed by atoms with Gasteiger partial charge in [-0.05, 0) is 79.5 Å². The number of amides is 1. The fourth-order valence-electron chi connectivity index (χ4n) is 5.38. The van der Waals surface area contributed by atoms with Crippen LogP contribution in [-0.4, -0.2) is 72.8 Å². The van der Waals surface area contributed by atoms with Crippen LogP contribution in [-0.2, 0) is 9.47 Å². The van der Waals surface area contributed by atoms with E-state index in [-0.39, 0.29) is 35.0 Å². The number of ether oxygens (including phenoxy) is 3. The maximum atomic E-state index is 15.1. The fraction of sp³-hybridized carbons (Fsp3) is 0.469. The predicted molar refractivity (Wildman–Crippen MR) is 167 cm³/mol. The van der Waals surface area contributed by atoms with E-state index in [0.29, 0.717) is 24.6 Å². The number of anilines is 2. The van der Waals surface area contributed by atoms with E-state index < -0.39 is 23.1 Å². The number of carbonyl (C=O) groups excluding carboxylic acids is 2. The molecule has 0 spiro atoms. The van der Waals surface area contributed by atoms with Gasteiger partial charge in [0, 0.05) is 30.9 Å². The molecule has 4 heterocycles. The summed E-state index contributed by atoms with van der Waals surface area (Å²) in [5, 5.41) is 7.54. The Hall–Kier alpha value is -4.68. The number of fused-ring (bicyclic) bond motifs is 1. The molecule has 0 atom stereocenters. The second kappa shape index (κ2) is 12.0. The molecule has 1 aliphatic rings. The monoisotopic (exact) mass is 621 g/mol. The van der Waals surface area contributed by atoms with Gasteiger partial charge in [-0.25, -0.2) is 23.9 Å². The highest BCUT2D eigenvalue weighted by Crippen LogP contribution is 2.35. The summed E-state index contributed by atoms with van der Waals surface area (Å²) in [7, 11) is 1.43. The van der Waals surface area contributed by atoms with Crippen LogP contribution in [0.1, 0.15) is 66.1 Å². The molecule has 0 saturated carbocycles. The summed E-state index contributed by atoms with van der Waals surface area (Å²) < 4.78 is 34.8. The third kappa shape index (κ3) is 7.02. The summed E-state index contributed by atoms with van der Waals surface area (Å²) >= 11 is 0. The lowest BCUT2D eigenvalue weighted by Gasteiger charge is -2.34. The Kier molecular flexibility index (Phi) is 8.47. The highest BCUT2D eigenvalue weighted by molar-refractivity contribution is 5.82. The van der Waals surface area contributed by atoms with Crippen LogP contribution in [0.3, 0.4) is 0 Å². The first-order valence-corrected chi connectivity index (χ1v) is 14.9. The number of carbonyl (C=O) groups is 2. The number of nitrogens with zero attached hydrogens (tertiary/aromatic N) is 6. The number of methoxy groups -OCH3 is 1. The van der Waals surface area contributed by atoms with Crippen LogP contribution in [0.25, 0.3) is 22.4 Å². The molecular formula is C32H40FN7O5. The maximum Gasteiger partial charge on any atom is 0.435 e. The van der Waals surface area contributed by atoms with Crippen LogP contribution in [0.4, 0.5) is 25.6 Å². The van der Waals surface area contributed by atoms with Crippen molar-refractivity contribution >= 4 is 35.0 Å². The second-order valence-electron chi connectivity index (χ2n) is 13.1. The van der Waals surface area contributed by atoms with E-state index in [1.165, 1.54) is 25.3 Å². The fourth-order valence-corrected chi connectivity index (χ4v) is 5.38. The van der Waals surface area contributed by atoms with Gasteiger partial charge >= 0.3 is 12.2 Å². The molecular weight excluding hydrogens is 581 g/mol. The SMILES string of the molecule is COc1cccc(F)c1-c1cc(Nc2cnc3cc(C)n(C4CCN(C(=O)OC(C)(C)C)CC4)c3n2)nn1C(=O)OC(C)(C)C. The Balaban J connectivity index is 1.44. The molecule has 1 saturated heterocycles. The summed E-state index contributed by atoms with van der Waals surface area (Å²) in [6.45, 7) is 13.9. The van der Waals surface area contributed by atoms with E-state index in [1.54, 1.807) is 37.9 Å². The number of likely N-dealkylation sites (tertiary alicyclic amines) is 1. The van der Waals surface area contributed by atoms with Gasteiger partial charge in [-0.3, -0.25) is 0 Å². The molecule has 4 aromatic rings. The number of aryl methyl sites for hydroxylation is 1. The first kappa shape index (κ1) is 31.7. The van der Waals surface area contributed by atoms with Gasteiger partial charge < -0.3 is 29.0 Å². The molecule has 1 aliphatic heterocycles. The third-order valence-corrected chi connectivity index (χ3v) is 7.20. The smallest absolute Gasteiger partial charge is 0.435 e. The van der Waals surface area contributed by atoms with Gasteiger partial charge in [-0.15, -0.1) is 5.10 Å². The van der Waals surface area contributed by atoms with Gasteiger partial charge in [0.05, 0.1) is 24.6 Å². The van der Waals surface area contributed by atoms with Crippen LogP contribution in [0, 0.1) is 12.7 Å². The van der Waals surface area contributed by atoms with Crippen molar-refractivity contribution in [3.05, 3.63) is 48.0 Å². The van der Waals surface area contributed by atoms with Crippen LogP contribution in [0.5, 0.6) is 5.75 Å². The molecule has 0 unspecified atom stereocenters. The average molecular weight is 622 g/mol. The average Bonchev–Trinajstić information content (AvgIpc) is 3.51. The van der Waals surface area contributed by atoms with Crippen LogP contribution in [0.2, 0.25) is 0 Å². The van der Waals surface area contributed by atoms with Gasteiger partial charge in [0.2, 0.25) is 0 Å². The topological polar surface area (TPSA) is 126 Å². The number of aromatic nitrogens is 5. The molecule has 240 valence electrons. The lowest BCUT2D eigenvalue weighted by molar-refractivity contribution is 0.0189. The zero-order valence-corrected chi connectivity index (χ0v) is 27.0. The minimum Gasteiger partial charge on any atom is -0.496 e. The summed E-state index contributed by atoms with van der Waals surface area (Å²) in [5.74, 6) is 0.264. The predicted octanol–water partition coefficient (Wildman–Crippen LogP) is 6.85. The lowest BCUT2D eigenvalue weighted by Crippen LogP contribution is -2.42. The van der Waals surface area contributed by atoms with Crippen LogP contribution in [0.15, 0.2) is 36.5 Å². The van der Waals surface area contributed by atoms with Crippen molar-refractivity contribution < 1.29 is 28.2 Å². The molecule has 1 fully saturated rings. The van der Waals surface area contributed by atoms with Gasteiger partial charge in [-0.1, -0.05) is 6.07 Å². The Morgan fingerprint density at radius 3 is 2.29 bits per heavy atom. The summed E-state index contributed by atoms with van der Waals surface area (Å²) in [5.41, 5.74) is 1.25. The van der Waals surface area contributed by atoms with Crippen molar-refractivity contribution in [1.29, 1.82) is 0 Å². The highest BCUT2D eigenvalue weighted by atomic mass is 19.1. The molecule has 5 rings (SSSR count). The van der Waals surface area contributed by atoms with Crippen molar-refractivity contribution in [3.63, 3.8) is 0 Å². The molecule has 0 radical (unpaired) electrons. The normalized spacial score (nSPS) is 14.5. The van der Waals surface area contributed by atoms with Crippen molar-refractivity contribution in [2.45, 2.75) is 78.6 Å². The number of nitrogens with one attached hydrogen (secondary N) is 1. The summed E-state index contributed by atoms with van der Waals surface area (Å²) in [4.78, 5) is 37.0. The number of benzene rings is 1. The molecule has 12 nitrogen and oxygen atoms in total. The molecule has 1 amide bonds.